The molecular weight excluding hydrogens is 346 g/mol. The zero-order valence-corrected chi connectivity index (χ0v) is 16.2. The number of rotatable bonds is 4. The summed E-state index contributed by atoms with van der Waals surface area (Å²) in [6.45, 7) is 7.61. The summed E-state index contributed by atoms with van der Waals surface area (Å²) in [6.07, 6.45) is 0. The molecule has 0 fully saturated rings. The number of fused-ring (bicyclic) bond motifs is 1. The van der Waals surface area contributed by atoms with E-state index < -0.39 is 0 Å². The number of hydrogen-bond donors (Lipinski definition) is 0. The Hall–Kier alpha value is -3.29. The summed E-state index contributed by atoms with van der Waals surface area (Å²) in [4.78, 5) is 4.39. The molecule has 3 aromatic heterocycles. The average Bonchev–Trinajstić information content (AvgIpc) is 3.24. The van der Waals surface area contributed by atoms with Crippen LogP contribution in [0.15, 0.2) is 22.6 Å². The van der Waals surface area contributed by atoms with Gasteiger partial charge in [-0.2, -0.15) is 14.7 Å². The zero-order chi connectivity index (χ0) is 19.3. The standard InChI is InChI=1S/C19H21N5O3/c1-10-17(23-13(4)20-12(3)22-23)19-24(21-10)18(11(2)27-19)15-8-7-14(25-5)9-16(15)26-6/h7-9H,1-6H3. The largest absolute Gasteiger partial charge is 0.497 e. The second kappa shape index (κ2) is 6.15. The van der Waals surface area contributed by atoms with Crippen LogP contribution >= 0.6 is 0 Å². The van der Waals surface area contributed by atoms with Gasteiger partial charge in [0.25, 0.3) is 0 Å². The summed E-state index contributed by atoms with van der Waals surface area (Å²) in [6, 6.07) is 5.67. The SMILES string of the molecule is COc1ccc(-c2c(C)oc3c(-n4nc(C)nc4C)c(C)nn23)c(OC)c1. The predicted octanol–water partition coefficient (Wildman–Crippen LogP) is 3.43. The number of nitrogens with zero attached hydrogens (tertiary/aromatic N) is 5. The lowest BCUT2D eigenvalue weighted by molar-refractivity contribution is 0.395. The van der Waals surface area contributed by atoms with Crippen LogP contribution in [0.5, 0.6) is 11.5 Å². The lowest BCUT2D eigenvalue weighted by Gasteiger charge is -2.09. The van der Waals surface area contributed by atoms with E-state index in [0.29, 0.717) is 17.3 Å². The third-order valence-corrected chi connectivity index (χ3v) is 4.53. The molecule has 0 saturated carbocycles. The fourth-order valence-electron chi connectivity index (χ4n) is 3.36. The second-order valence-corrected chi connectivity index (χ2v) is 6.34. The van der Waals surface area contributed by atoms with Crippen LogP contribution in [0.2, 0.25) is 0 Å². The van der Waals surface area contributed by atoms with Gasteiger partial charge in [0.1, 0.15) is 34.6 Å². The molecule has 0 aliphatic rings. The Bertz CT molecular complexity index is 1150. The zero-order valence-electron chi connectivity index (χ0n) is 16.2. The summed E-state index contributed by atoms with van der Waals surface area (Å²) in [5, 5.41) is 9.19. The van der Waals surface area contributed by atoms with E-state index in [1.807, 2.05) is 45.9 Å². The van der Waals surface area contributed by atoms with Crippen LogP contribution in [0.1, 0.15) is 23.1 Å². The van der Waals surface area contributed by atoms with E-state index in [9.17, 15) is 0 Å². The molecule has 140 valence electrons. The molecule has 0 unspecified atom stereocenters. The molecule has 0 spiro atoms. The fraction of sp³-hybridized carbons (Fsp3) is 0.316. The van der Waals surface area contributed by atoms with E-state index in [2.05, 4.69) is 10.1 Å². The van der Waals surface area contributed by atoms with Crippen LogP contribution in [0, 0.1) is 27.7 Å². The van der Waals surface area contributed by atoms with Crippen LogP contribution in [0.25, 0.3) is 22.7 Å². The first-order valence-electron chi connectivity index (χ1n) is 8.56. The maximum atomic E-state index is 6.11. The van der Waals surface area contributed by atoms with Crippen molar-refractivity contribution in [1.29, 1.82) is 0 Å². The number of methoxy groups -OCH3 is 2. The third-order valence-electron chi connectivity index (χ3n) is 4.53. The highest BCUT2D eigenvalue weighted by Gasteiger charge is 2.25. The van der Waals surface area contributed by atoms with Gasteiger partial charge >= 0.3 is 0 Å². The van der Waals surface area contributed by atoms with Gasteiger partial charge in [-0.25, -0.2) is 9.67 Å². The molecule has 0 bridgehead atoms. The van der Waals surface area contributed by atoms with Gasteiger partial charge in [0.15, 0.2) is 5.69 Å². The van der Waals surface area contributed by atoms with Gasteiger partial charge in [0.05, 0.1) is 19.9 Å². The van der Waals surface area contributed by atoms with Crippen molar-refractivity contribution in [3.63, 3.8) is 0 Å². The Morgan fingerprint density at radius 1 is 1.00 bits per heavy atom. The Labute approximate surface area is 156 Å². The number of hydrogen-bond acceptors (Lipinski definition) is 6. The lowest BCUT2D eigenvalue weighted by atomic mass is 10.1. The molecule has 4 rings (SSSR count). The number of ether oxygens (including phenoxy) is 2. The van der Waals surface area contributed by atoms with E-state index in [-0.39, 0.29) is 0 Å². The molecule has 27 heavy (non-hydrogen) atoms. The molecule has 0 aliphatic carbocycles. The van der Waals surface area contributed by atoms with E-state index in [0.717, 1.165) is 40.0 Å². The molecule has 1 aromatic carbocycles. The summed E-state index contributed by atoms with van der Waals surface area (Å²) in [5.41, 5.74) is 3.90. The highest BCUT2D eigenvalue weighted by atomic mass is 16.5. The van der Waals surface area contributed by atoms with Crippen molar-refractivity contribution in [3.05, 3.63) is 41.3 Å². The molecule has 0 atom stereocenters. The first-order chi connectivity index (χ1) is 12.9. The Balaban J connectivity index is 1.98. The molecule has 3 heterocycles. The summed E-state index contributed by atoms with van der Waals surface area (Å²) in [5.74, 6) is 3.62. The summed E-state index contributed by atoms with van der Waals surface area (Å²) < 4.78 is 20.5. The molecule has 0 N–H and O–H groups in total. The van der Waals surface area contributed by atoms with E-state index in [4.69, 9.17) is 19.0 Å². The van der Waals surface area contributed by atoms with Crippen LogP contribution in [-0.4, -0.2) is 38.6 Å². The monoisotopic (exact) mass is 367 g/mol. The minimum Gasteiger partial charge on any atom is -0.497 e. The Kier molecular flexibility index (Phi) is 3.91. The maximum absolute atomic E-state index is 6.11. The van der Waals surface area contributed by atoms with Gasteiger partial charge in [-0.15, -0.1) is 0 Å². The molecule has 0 aliphatic heterocycles. The minimum absolute atomic E-state index is 0.617. The lowest BCUT2D eigenvalue weighted by Crippen LogP contribution is -2.00. The Morgan fingerprint density at radius 2 is 1.78 bits per heavy atom. The van der Waals surface area contributed by atoms with Crippen molar-refractivity contribution in [2.45, 2.75) is 27.7 Å². The smallest absolute Gasteiger partial charge is 0.249 e. The summed E-state index contributed by atoms with van der Waals surface area (Å²) >= 11 is 0. The fourth-order valence-corrected chi connectivity index (χ4v) is 3.36. The van der Waals surface area contributed by atoms with Gasteiger partial charge in [-0.1, -0.05) is 0 Å². The van der Waals surface area contributed by atoms with Gasteiger partial charge in [0, 0.05) is 11.6 Å². The summed E-state index contributed by atoms with van der Waals surface area (Å²) in [7, 11) is 3.26. The quantitative estimate of drug-likeness (QED) is 0.550. The van der Waals surface area contributed by atoms with Crippen LogP contribution in [0.4, 0.5) is 0 Å². The maximum Gasteiger partial charge on any atom is 0.249 e. The van der Waals surface area contributed by atoms with Gasteiger partial charge < -0.3 is 13.9 Å². The molecular formula is C19H21N5O3. The van der Waals surface area contributed by atoms with Crippen molar-refractivity contribution in [1.82, 2.24) is 24.4 Å². The second-order valence-electron chi connectivity index (χ2n) is 6.34. The van der Waals surface area contributed by atoms with Crippen molar-refractivity contribution >= 4 is 5.71 Å². The van der Waals surface area contributed by atoms with Crippen molar-refractivity contribution in [2.75, 3.05) is 14.2 Å². The number of oxazole rings is 1. The number of aryl methyl sites for hydroxylation is 4. The molecule has 0 radical (unpaired) electrons. The predicted molar refractivity (Wildman–Crippen MR) is 99.9 cm³/mol. The van der Waals surface area contributed by atoms with Gasteiger partial charge in [-0.05, 0) is 39.8 Å². The molecule has 8 heteroatoms. The first-order valence-corrected chi connectivity index (χ1v) is 8.56. The van der Waals surface area contributed by atoms with E-state index >= 15 is 0 Å². The Morgan fingerprint density at radius 3 is 2.41 bits per heavy atom. The number of benzene rings is 1. The molecule has 4 aromatic rings. The van der Waals surface area contributed by atoms with Crippen LogP contribution in [0.3, 0.4) is 0 Å². The van der Waals surface area contributed by atoms with Crippen molar-refractivity contribution < 1.29 is 13.9 Å². The molecule has 0 amide bonds. The van der Waals surface area contributed by atoms with Gasteiger partial charge in [0.2, 0.25) is 5.71 Å². The topological polar surface area (TPSA) is 79.6 Å². The van der Waals surface area contributed by atoms with Crippen LogP contribution < -0.4 is 9.47 Å². The van der Waals surface area contributed by atoms with Crippen molar-refractivity contribution in [3.8, 4) is 28.4 Å². The number of aromatic nitrogens is 5. The average molecular weight is 367 g/mol. The van der Waals surface area contributed by atoms with Gasteiger partial charge in [-0.3, -0.25) is 0 Å². The third kappa shape index (κ3) is 2.56. The van der Waals surface area contributed by atoms with E-state index in [1.165, 1.54) is 0 Å². The molecule has 0 saturated heterocycles. The highest BCUT2D eigenvalue weighted by Crippen LogP contribution is 2.38. The molecule has 8 nitrogen and oxygen atoms in total. The van der Waals surface area contributed by atoms with Crippen LogP contribution in [-0.2, 0) is 0 Å². The van der Waals surface area contributed by atoms with Crippen molar-refractivity contribution in [2.24, 2.45) is 0 Å². The first kappa shape index (κ1) is 17.1. The van der Waals surface area contributed by atoms with E-state index in [1.54, 1.807) is 23.4 Å². The normalized spacial score (nSPS) is 11.3. The highest BCUT2D eigenvalue weighted by molar-refractivity contribution is 5.75. The minimum atomic E-state index is 0.617.